The van der Waals surface area contributed by atoms with E-state index in [1.54, 1.807) is 0 Å². The highest BCUT2D eigenvalue weighted by atomic mass is 31.2. The topological polar surface area (TPSA) is 231 Å². The zero-order valence-electron chi connectivity index (χ0n) is 69.8. The van der Waals surface area contributed by atoms with Crippen LogP contribution in [0.5, 0.6) is 0 Å². The van der Waals surface area contributed by atoms with Crippen LogP contribution in [0.3, 0.4) is 0 Å². The largest absolute Gasteiger partial charge is 0.472 e. The molecule has 0 aliphatic carbocycles. The van der Waals surface area contributed by atoms with Gasteiger partial charge in [-0.3, -0.25) is 32.5 Å². The Balaban J connectivity index is 4.44. The molecule has 111 heavy (non-hydrogen) atoms. The molecule has 0 amide bonds. The number of aliphatic hydroxyl groups is 2. The lowest BCUT2D eigenvalue weighted by Crippen LogP contribution is -2.30. The van der Waals surface area contributed by atoms with Gasteiger partial charge in [0.2, 0.25) is 0 Å². The van der Waals surface area contributed by atoms with Crippen molar-refractivity contribution < 1.29 is 75.8 Å². The normalized spacial score (nSPS) is 14.6. The number of hydrogen-bond acceptors (Lipinski definition) is 14. The van der Waals surface area contributed by atoms with E-state index in [9.17, 15) is 43.5 Å². The van der Waals surface area contributed by atoms with E-state index in [2.05, 4.69) is 179 Å². The van der Waals surface area contributed by atoms with Gasteiger partial charge in [0.25, 0.3) is 0 Å². The van der Waals surface area contributed by atoms with Crippen LogP contribution in [-0.4, -0.2) is 95.9 Å². The Kier molecular flexibility index (Phi) is 80.9. The second kappa shape index (κ2) is 84.6. The average Bonchev–Trinajstić information content (AvgIpc) is 0.928. The van der Waals surface area contributed by atoms with Crippen LogP contribution in [0.4, 0.5) is 0 Å². The summed E-state index contributed by atoms with van der Waals surface area (Å²) in [5.74, 6) is -1.59. The first-order valence-electron chi connectivity index (χ1n) is 43.8. The Hall–Kier alpha value is -4.83. The van der Waals surface area contributed by atoms with Crippen LogP contribution in [0.25, 0.3) is 0 Å². The van der Waals surface area contributed by atoms with Gasteiger partial charge in [-0.1, -0.05) is 352 Å². The Bertz CT molecular complexity index is 2650. The molecular formula is C93H158O16P2. The maximum atomic E-state index is 13.0. The van der Waals surface area contributed by atoms with E-state index in [4.69, 9.17) is 32.3 Å². The summed E-state index contributed by atoms with van der Waals surface area (Å²) >= 11 is 0. The highest BCUT2D eigenvalue weighted by molar-refractivity contribution is 7.47. The first kappa shape index (κ1) is 106. The van der Waals surface area contributed by atoms with Gasteiger partial charge < -0.3 is 34.2 Å². The number of esters is 3. The molecule has 0 bridgehead atoms. The van der Waals surface area contributed by atoms with E-state index in [1.165, 1.54) is 128 Å². The summed E-state index contributed by atoms with van der Waals surface area (Å²) in [5.41, 5.74) is 0. The molecule has 5 atom stereocenters. The SMILES string of the molecule is CC/C=C\C/C=C\C/C=C\C/C=C\C/C=C\C/C=C\CCCCCCCCCCCCCCC(=O)OCC(O)COP(=O)(O)OCC(O)COP(=O)(O)OCC(COC(=O)CCCCCCCCCCCCCCCCC/C=C\C/C=C\C/C=C\C/C=C\C/C=C\CC)OC(=O)CCCCCCC/C=C\C/C=C\CCC. The predicted molar refractivity (Wildman–Crippen MR) is 463 cm³/mol. The molecule has 0 saturated heterocycles. The van der Waals surface area contributed by atoms with Crippen molar-refractivity contribution in [2.24, 2.45) is 0 Å². The third-order valence-electron chi connectivity index (χ3n) is 18.2. The van der Waals surface area contributed by atoms with E-state index in [-0.39, 0.29) is 19.3 Å². The number of ether oxygens (including phenoxy) is 3. The fourth-order valence-corrected chi connectivity index (χ4v) is 13.2. The number of carbonyl (C=O) groups excluding carboxylic acids is 3. The van der Waals surface area contributed by atoms with Crippen molar-refractivity contribution in [2.75, 3.05) is 39.6 Å². The molecule has 636 valence electrons. The van der Waals surface area contributed by atoms with Crippen molar-refractivity contribution in [1.29, 1.82) is 0 Å². The van der Waals surface area contributed by atoms with Gasteiger partial charge in [0.1, 0.15) is 25.4 Å². The average molecular weight is 1590 g/mol. The molecule has 5 unspecified atom stereocenters. The minimum Gasteiger partial charge on any atom is -0.463 e. The van der Waals surface area contributed by atoms with Crippen LogP contribution in [0.2, 0.25) is 0 Å². The third-order valence-corrected chi connectivity index (χ3v) is 20.1. The molecule has 0 aliphatic rings. The van der Waals surface area contributed by atoms with Crippen molar-refractivity contribution in [2.45, 2.75) is 373 Å². The van der Waals surface area contributed by atoms with Gasteiger partial charge in [0, 0.05) is 19.3 Å². The van der Waals surface area contributed by atoms with Gasteiger partial charge in [0.05, 0.1) is 26.4 Å². The van der Waals surface area contributed by atoms with Crippen LogP contribution in [0.1, 0.15) is 355 Å². The summed E-state index contributed by atoms with van der Waals surface area (Å²) in [6.45, 7) is 2.40. The molecule has 0 saturated carbocycles. The molecule has 16 nitrogen and oxygen atoms in total. The van der Waals surface area contributed by atoms with Gasteiger partial charge in [-0.25, -0.2) is 9.13 Å². The van der Waals surface area contributed by atoms with Gasteiger partial charge in [-0.2, -0.15) is 0 Å². The highest BCUT2D eigenvalue weighted by Crippen LogP contribution is 2.45. The summed E-state index contributed by atoms with van der Waals surface area (Å²) < 4.78 is 61.3. The Morgan fingerprint density at radius 2 is 0.477 bits per heavy atom. The van der Waals surface area contributed by atoms with Crippen molar-refractivity contribution in [3.05, 3.63) is 158 Å². The lowest BCUT2D eigenvalue weighted by Gasteiger charge is -2.21. The minimum atomic E-state index is -4.94. The number of aliphatic hydroxyl groups excluding tert-OH is 2. The molecule has 0 fully saturated rings. The second-order valence-corrected chi connectivity index (χ2v) is 31.8. The van der Waals surface area contributed by atoms with Crippen molar-refractivity contribution in [1.82, 2.24) is 0 Å². The van der Waals surface area contributed by atoms with Crippen molar-refractivity contribution >= 4 is 33.6 Å². The fourth-order valence-electron chi connectivity index (χ4n) is 11.6. The molecular weight excluding hydrogens is 1430 g/mol. The number of unbranched alkanes of at least 4 members (excludes halogenated alkanes) is 33. The monoisotopic (exact) mass is 1590 g/mol. The number of allylic oxidation sites excluding steroid dienone is 26. The Labute approximate surface area is 676 Å². The number of rotatable bonds is 82. The van der Waals surface area contributed by atoms with Crippen molar-refractivity contribution in [3.8, 4) is 0 Å². The molecule has 0 aromatic carbocycles. The maximum Gasteiger partial charge on any atom is 0.472 e. The zero-order chi connectivity index (χ0) is 80.8. The van der Waals surface area contributed by atoms with E-state index in [0.29, 0.717) is 19.3 Å². The van der Waals surface area contributed by atoms with Gasteiger partial charge >= 0.3 is 33.6 Å². The summed E-state index contributed by atoms with van der Waals surface area (Å²) in [4.78, 5) is 58.8. The van der Waals surface area contributed by atoms with Gasteiger partial charge in [0.15, 0.2) is 6.10 Å². The molecule has 4 N–H and O–H groups in total. The van der Waals surface area contributed by atoms with E-state index >= 15 is 0 Å². The molecule has 0 spiro atoms. The van der Waals surface area contributed by atoms with E-state index < -0.39 is 91.5 Å². The highest BCUT2D eigenvalue weighted by Gasteiger charge is 2.29. The standard InChI is InChI=1S/C93H158O16P2/c1-4-7-10-13-16-19-22-25-27-29-31-33-35-37-39-41-43-45-47-49-51-53-55-57-59-62-64-67-70-73-76-79-91(96)103-82-88(94)83-105-110(99,100)106-84-89(95)85-107-111(101,102)108-87-90(109-93(98)81-78-75-72-69-66-61-24-21-18-15-12-9-6-3)86-104-92(97)80-77-74-71-68-65-63-60-58-56-54-52-50-48-46-44-42-40-38-36-34-32-30-28-26-23-20-17-14-11-8-5-2/h7-8,10-12,15-17,19-21,24-28,31-34,37-40,43,45,88-90,94-95H,4-6,9,13-14,18,22-23,29-30,35-36,41-42,44,46-87H2,1-3H3,(H,99,100)(H,101,102)/b10-7-,11-8-,15-12-,19-16-,20-17-,24-21-,27-25-,28-26-,33-31-,34-32-,39-37-,40-38-,45-43-. The Morgan fingerprint density at radius 3 is 0.757 bits per heavy atom. The Morgan fingerprint density at radius 1 is 0.261 bits per heavy atom. The van der Waals surface area contributed by atoms with Crippen LogP contribution in [-0.2, 0) is 55.8 Å². The lowest BCUT2D eigenvalue weighted by molar-refractivity contribution is -0.161. The minimum absolute atomic E-state index is 0.0866. The van der Waals surface area contributed by atoms with Crippen LogP contribution in [0, 0.1) is 0 Å². The number of hydrogen-bond donors (Lipinski definition) is 4. The maximum absolute atomic E-state index is 13.0. The molecule has 0 aromatic heterocycles. The molecule has 0 radical (unpaired) electrons. The lowest BCUT2D eigenvalue weighted by atomic mass is 10.0. The van der Waals surface area contributed by atoms with Crippen LogP contribution < -0.4 is 0 Å². The molecule has 0 aromatic rings. The first-order valence-corrected chi connectivity index (χ1v) is 46.8. The molecule has 0 aliphatic heterocycles. The van der Waals surface area contributed by atoms with Crippen molar-refractivity contribution in [3.63, 3.8) is 0 Å². The smallest absolute Gasteiger partial charge is 0.463 e. The third kappa shape index (κ3) is 85.9. The molecule has 0 heterocycles. The predicted octanol–water partition coefficient (Wildman–Crippen LogP) is 26.5. The quantitative estimate of drug-likeness (QED) is 0.0146. The number of phosphoric acid groups is 2. The van der Waals surface area contributed by atoms with Gasteiger partial charge in [-0.05, 0) is 141 Å². The summed E-state index contributed by atoms with van der Waals surface area (Å²) in [6.07, 6.45) is 107. The number of phosphoric ester groups is 2. The molecule has 0 rings (SSSR count). The van der Waals surface area contributed by atoms with E-state index in [0.717, 1.165) is 167 Å². The summed E-state index contributed by atoms with van der Waals surface area (Å²) in [5, 5.41) is 20.7. The van der Waals surface area contributed by atoms with Gasteiger partial charge in [-0.15, -0.1) is 0 Å². The summed E-state index contributed by atoms with van der Waals surface area (Å²) in [7, 11) is -9.80. The molecule has 18 heteroatoms. The van der Waals surface area contributed by atoms with E-state index in [1.807, 2.05) is 0 Å². The van der Waals surface area contributed by atoms with Crippen LogP contribution in [0.15, 0.2) is 158 Å². The number of carbonyl (C=O) groups is 3. The zero-order valence-corrected chi connectivity index (χ0v) is 71.6. The van der Waals surface area contributed by atoms with Crippen LogP contribution >= 0.6 is 15.6 Å². The fraction of sp³-hybridized carbons (Fsp3) is 0.688. The second-order valence-electron chi connectivity index (χ2n) is 28.9. The summed E-state index contributed by atoms with van der Waals surface area (Å²) in [6, 6.07) is 0. The first-order chi connectivity index (χ1) is 54.2.